The molecule has 23 heavy (non-hydrogen) atoms. The van der Waals surface area contributed by atoms with E-state index in [1.165, 1.54) is 68.2 Å². The summed E-state index contributed by atoms with van der Waals surface area (Å²) in [5.74, 6) is 1.42. The van der Waals surface area contributed by atoms with Crippen LogP contribution >= 0.6 is 0 Å². The summed E-state index contributed by atoms with van der Waals surface area (Å²) in [5, 5.41) is 0. The second-order valence-electron chi connectivity index (χ2n) is 6.46. The molecule has 2 rings (SSSR count). The summed E-state index contributed by atoms with van der Waals surface area (Å²) in [7, 11) is 0. The summed E-state index contributed by atoms with van der Waals surface area (Å²) in [6.45, 7) is 9.15. The molecule has 0 atom stereocenters. The van der Waals surface area contributed by atoms with Crippen molar-refractivity contribution in [3.05, 3.63) is 30.1 Å². The van der Waals surface area contributed by atoms with Gasteiger partial charge >= 0.3 is 0 Å². The van der Waals surface area contributed by atoms with Crippen LogP contribution in [0.4, 0.5) is 0 Å². The molecule has 0 bridgehead atoms. The first-order valence-electron chi connectivity index (χ1n) is 9.27. The summed E-state index contributed by atoms with van der Waals surface area (Å²) in [5.41, 5.74) is 2.81. The molecule has 0 fully saturated rings. The van der Waals surface area contributed by atoms with Gasteiger partial charge in [0.05, 0.1) is 13.1 Å². The summed E-state index contributed by atoms with van der Waals surface area (Å²) in [4.78, 5) is 0. The number of aryl methyl sites for hydroxylation is 2. The average molecular weight is 381 g/mol. The minimum absolute atomic E-state index is 0. The molecule has 0 saturated carbocycles. The van der Waals surface area contributed by atoms with E-state index in [0.29, 0.717) is 0 Å². The molecule has 0 spiro atoms. The number of nitrogens with zero attached hydrogens (tertiary/aromatic N) is 2. The number of hydrogen-bond acceptors (Lipinski definition) is 0. The number of benzene rings is 1. The first-order chi connectivity index (χ1) is 10.8. The predicted octanol–water partition coefficient (Wildman–Crippen LogP) is 2.40. The Morgan fingerprint density at radius 2 is 1.52 bits per heavy atom. The van der Waals surface area contributed by atoms with E-state index >= 15 is 0 Å². The molecular weight excluding hydrogens is 348 g/mol. The fourth-order valence-electron chi connectivity index (χ4n) is 3.35. The minimum atomic E-state index is 0. The molecule has 1 aromatic heterocycles. The monoisotopic (exact) mass is 380 g/mol. The van der Waals surface area contributed by atoms with Crippen LogP contribution < -0.4 is 21.5 Å². The first-order valence-corrected chi connectivity index (χ1v) is 9.27. The smallest absolute Gasteiger partial charge is 0.254 e. The van der Waals surface area contributed by atoms with Crippen LogP contribution in [0.3, 0.4) is 0 Å². The third-order valence-corrected chi connectivity index (χ3v) is 4.72. The van der Waals surface area contributed by atoms with Crippen molar-refractivity contribution in [1.29, 1.82) is 0 Å². The fraction of sp³-hybridized carbons (Fsp3) is 0.650. The average Bonchev–Trinajstić information content (AvgIpc) is 2.81. The lowest BCUT2D eigenvalue weighted by atomic mass is 10.1. The van der Waals surface area contributed by atoms with Crippen molar-refractivity contribution in [2.24, 2.45) is 0 Å². The SMILES string of the molecule is CCCCCCCC[n+]1c(C)n(CCCC)c2ccccc21.[Br-]. The molecule has 0 aliphatic heterocycles. The number of rotatable bonds is 10. The standard InChI is InChI=1S/C20H33N2.BrH/c1-4-6-8-9-10-13-17-22-18(3)21(16-7-5-2)19-14-11-12-15-20(19)22;/h11-12,14-15H,4-10,13,16-17H2,1-3H3;1H/q+1;/p-1. The highest BCUT2D eigenvalue weighted by atomic mass is 79.9. The number of unbranched alkanes of at least 4 members (excludes halogenated alkanes) is 6. The Hall–Kier alpha value is -0.830. The van der Waals surface area contributed by atoms with Crippen LogP contribution in [0.15, 0.2) is 24.3 Å². The van der Waals surface area contributed by atoms with Gasteiger partial charge in [0.2, 0.25) is 0 Å². The zero-order valence-electron chi connectivity index (χ0n) is 15.2. The van der Waals surface area contributed by atoms with Gasteiger partial charge in [-0.2, -0.15) is 0 Å². The van der Waals surface area contributed by atoms with Gasteiger partial charge in [0.25, 0.3) is 5.82 Å². The van der Waals surface area contributed by atoms with Crippen molar-refractivity contribution in [1.82, 2.24) is 4.57 Å². The summed E-state index contributed by atoms with van der Waals surface area (Å²) in [6, 6.07) is 8.89. The highest BCUT2D eigenvalue weighted by molar-refractivity contribution is 5.72. The molecule has 2 nitrogen and oxygen atoms in total. The Morgan fingerprint density at radius 1 is 0.870 bits per heavy atom. The third-order valence-electron chi connectivity index (χ3n) is 4.72. The molecule has 0 aliphatic rings. The Balaban J connectivity index is 0.00000264. The quantitative estimate of drug-likeness (QED) is 0.442. The summed E-state index contributed by atoms with van der Waals surface area (Å²) in [6.07, 6.45) is 10.7. The Bertz CT molecular complexity index is 574. The number of hydrogen-bond donors (Lipinski definition) is 0. The number of fused-ring (bicyclic) bond motifs is 1. The van der Waals surface area contributed by atoms with Crippen molar-refractivity contribution in [2.75, 3.05) is 0 Å². The molecule has 1 aromatic carbocycles. The van der Waals surface area contributed by atoms with Crippen LogP contribution in [0, 0.1) is 6.92 Å². The highest BCUT2D eigenvalue weighted by Gasteiger charge is 2.20. The van der Waals surface area contributed by atoms with Crippen LogP contribution in [0.5, 0.6) is 0 Å². The van der Waals surface area contributed by atoms with Gasteiger partial charge in [-0.3, -0.25) is 0 Å². The molecule has 0 unspecified atom stereocenters. The zero-order valence-corrected chi connectivity index (χ0v) is 16.7. The van der Waals surface area contributed by atoms with Gasteiger partial charge in [-0.25, -0.2) is 9.13 Å². The second-order valence-corrected chi connectivity index (χ2v) is 6.46. The van der Waals surface area contributed by atoms with E-state index in [4.69, 9.17) is 0 Å². The molecule has 1 heterocycles. The largest absolute Gasteiger partial charge is 1.00 e. The van der Waals surface area contributed by atoms with E-state index in [-0.39, 0.29) is 17.0 Å². The lowest BCUT2D eigenvalue weighted by Crippen LogP contribution is -3.00. The topological polar surface area (TPSA) is 8.81 Å². The predicted molar refractivity (Wildman–Crippen MR) is 95.2 cm³/mol. The molecule has 0 saturated heterocycles. The van der Waals surface area contributed by atoms with Gasteiger partial charge in [0.1, 0.15) is 0 Å². The molecule has 2 aromatic rings. The van der Waals surface area contributed by atoms with Gasteiger partial charge in [-0.15, -0.1) is 0 Å². The van der Waals surface area contributed by atoms with Crippen LogP contribution in [-0.2, 0) is 13.1 Å². The lowest BCUT2D eigenvalue weighted by Gasteiger charge is -2.02. The Morgan fingerprint density at radius 3 is 2.26 bits per heavy atom. The van der Waals surface area contributed by atoms with Gasteiger partial charge < -0.3 is 17.0 Å². The van der Waals surface area contributed by atoms with Gasteiger partial charge in [-0.1, -0.05) is 58.1 Å². The maximum absolute atomic E-state index is 2.53. The molecule has 3 heteroatoms. The summed E-state index contributed by atoms with van der Waals surface area (Å²) >= 11 is 0. The van der Waals surface area contributed by atoms with Crippen molar-refractivity contribution < 1.29 is 21.5 Å². The molecule has 0 radical (unpaired) electrons. The lowest BCUT2D eigenvalue weighted by molar-refractivity contribution is -0.678. The van der Waals surface area contributed by atoms with Gasteiger partial charge in [0, 0.05) is 6.92 Å². The van der Waals surface area contributed by atoms with E-state index in [2.05, 4.69) is 54.2 Å². The normalized spacial score (nSPS) is 10.9. The van der Waals surface area contributed by atoms with Crippen LogP contribution in [-0.4, -0.2) is 4.57 Å². The zero-order chi connectivity index (χ0) is 15.8. The van der Waals surface area contributed by atoms with E-state index in [1.807, 2.05) is 0 Å². The van der Waals surface area contributed by atoms with Crippen LogP contribution in [0.1, 0.15) is 71.0 Å². The van der Waals surface area contributed by atoms with E-state index in [9.17, 15) is 0 Å². The van der Waals surface area contributed by atoms with Crippen molar-refractivity contribution in [3.63, 3.8) is 0 Å². The van der Waals surface area contributed by atoms with Gasteiger partial charge in [-0.05, 0) is 31.4 Å². The van der Waals surface area contributed by atoms with Crippen molar-refractivity contribution in [3.8, 4) is 0 Å². The Kier molecular flexibility index (Phi) is 9.54. The molecular formula is C20H33BrN2. The van der Waals surface area contributed by atoms with E-state index in [0.717, 1.165) is 13.1 Å². The van der Waals surface area contributed by atoms with E-state index in [1.54, 1.807) is 0 Å². The Labute approximate surface area is 152 Å². The summed E-state index contributed by atoms with van der Waals surface area (Å²) < 4.78 is 5.04. The number of para-hydroxylation sites is 2. The fourth-order valence-corrected chi connectivity index (χ4v) is 3.35. The van der Waals surface area contributed by atoms with Crippen LogP contribution in [0.2, 0.25) is 0 Å². The maximum atomic E-state index is 2.53. The van der Waals surface area contributed by atoms with Gasteiger partial charge in [0.15, 0.2) is 11.0 Å². The third kappa shape index (κ3) is 5.34. The van der Waals surface area contributed by atoms with Crippen molar-refractivity contribution in [2.45, 2.75) is 85.2 Å². The van der Waals surface area contributed by atoms with Crippen molar-refractivity contribution >= 4 is 11.0 Å². The van der Waals surface area contributed by atoms with Crippen LogP contribution in [0.25, 0.3) is 11.0 Å². The number of imidazole rings is 1. The molecule has 130 valence electrons. The minimum Gasteiger partial charge on any atom is -1.00 e. The maximum Gasteiger partial charge on any atom is 0.254 e. The molecule has 0 amide bonds. The van der Waals surface area contributed by atoms with E-state index < -0.39 is 0 Å². The molecule has 0 aliphatic carbocycles. The highest BCUT2D eigenvalue weighted by Crippen LogP contribution is 2.16. The number of aromatic nitrogens is 2. The number of halogens is 1. The second kappa shape index (κ2) is 10.9. The molecule has 0 N–H and O–H groups in total. The first kappa shape index (κ1) is 20.2.